The number of nitrogens with one attached hydrogen (secondary N) is 1. The van der Waals surface area contributed by atoms with Crippen LogP contribution >= 0.6 is 0 Å². The van der Waals surface area contributed by atoms with Crippen LogP contribution in [0.5, 0.6) is 0 Å². The molecule has 0 radical (unpaired) electrons. The summed E-state index contributed by atoms with van der Waals surface area (Å²) in [6, 6.07) is 9.05. The predicted octanol–water partition coefficient (Wildman–Crippen LogP) is 3.34. The van der Waals surface area contributed by atoms with Gasteiger partial charge < -0.3 is 14.8 Å². The quantitative estimate of drug-likeness (QED) is 0.910. The summed E-state index contributed by atoms with van der Waals surface area (Å²) in [5.41, 5.74) is 3.35. The van der Waals surface area contributed by atoms with Crippen molar-refractivity contribution >= 4 is 17.3 Å². The highest BCUT2D eigenvalue weighted by atomic mass is 15.2. The molecule has 0 spiro atoms. The Morgan fingerprint density at radius 3 is 2.47 bits per heavy atom. The maximum atomic E-state index is 4.57. The third kappa shape index (κ3) is 2.57. The summed E-state index contributed by atoms with van der Waals surface area (Å²) < 4.78 is 2.26. The summed E-state index contributed by atoms with van der Waals surface area (Å²) in [5.74, 6) is 0.956. The molecule has 3 rings (SSSR count). The molecule has 2 aromatic rings. The lowest BCUT2D eigenvalue weighted by molar-refractivity contribution is 0.750. The van der Waals surface area contributed by atoms with Gasteiger partial charge >= 0.3 is 0 Å². The highest BCUT2D eigenvalue weighted by Gasteiger charge is 2.26. The zero-order chi connectivity index (χ0) is 13.4. The second-order valence-corrected chi connectivity index (χ2v) is 5.41. The average molecular weight is 256 g/mol. The van der Waals surface area contributed by atoms with Gasteiger partial charge in [-0.15, -0.1) is 0 Å². The monoisotopic (exact) mass is 256 g/mol. The van der Waals surface area contributed by atoms with Crippen LogP contribution < -0.4 is 10.2 Å². The van der Waals surface area contributed by atoms with Crippen molar-refractivity contribution < 1.29 is 0 Å². The van der Waals surface area contributed by atoms with Gasteiger partial charge in [-0.1, -0.05) is 0 Å². The number of hydrogen-bond donors (Lipinski definition) is 1. The molecule has 1 aliphatic rings. The van der Waals surface area contributed by atoms with Crippen molar-refractivity contribution in [2.75, 3.05) is 24.3 Å². The predicted molar refractivity (Wildman–Crippen MR) is 79.3 cm³/mol. The number of imidazole rings is 1. The van der Waals surface area contributed by atoms with Gasteiger partial charge in [-0.2, -0.15) is 0 Å². The van der Waals surface area contributed by atoms with E-state index in [4.69, 9.17) is 0 Å². The zero-order valence-corrected chi connectivity index (χ0v) is 11.7. The molecule has 0 bridgehead atoms. The number of benzene rings is 1. The Balaban J connectivity index is 1.80. The van der Waals surface area contributed by atoms with E-state index in [-0.39, 0.29) is 0 Å². The molecule has 1 heterocycles. The van der Waals surface area contributed by atoms with Crippen molar-refractivity contribution in [1.82, 2.24) is 9.55 Å². The standard InChI is InChI=1S/C15H20N4/c1-11-10-19(14-8-9-14)15(16-11)17-12-4-6-13(7-5-12)18(2)3/h4-7,10,14H,8-9H2,1-3H3,(H,16,17). The fourth-order valence-electron chi connectivity index (χ4n) is 2.21. The fraction of sp³-hybridized carbons (Fsp3) is 0.400. The molecule has 19 heavy (non-hydrogen) atoms. The van der Waals surface area contributed by atoms with Crippen LogP contribution in [0.25, 0.3) is 0 Å². The van der Waals surface area contributed by atoms with Gasteiger partial charge in [-0.05, 0) is 44.0 Å². The number of nitrogens with zero attached hydrogens (tertiary/aromatic N) is 3. The Kier molecular flexibility index (Phi) is 2.93. The molecule has 0 amide bonds. The van der Waals surface area contributed by atoms with Gasteiger partial charge in [0.1, 0.15) is 0 Å². The lowest BCUT2D eigenvalue weighted by Gasteiger charge is -2.13. The number of anilines is 3. The van der Waals surface area contributed by atoms with Crippen molar-refractivity contribution in [3.05, 3.63) is 36.2 Å². The Bertz CT molecular complexity index is 564. The third-order valence-electron chi connectivity index (χ3n) is 3.43. The van der Waals surface area contributed by atoms with Crippen molar-refractivity contribution in [2.45, 2.75) is 25.8 Å². The summed E-state index contributed by atoms with van der Waals surface area (Å²) in [5, 5.41) is 3.41. The summed E-state index contributed by atoms with van der Waals surface area (Å²) in [4.78, 5) is 6.66. The Morgan fingerprint density at radius 1 is 1.21 bits per heavy atom. The lowest BCUT2D eigenvalue weighted by Crippen LogP contribution is -2.08. The number of hydrogen-bond acceptors (Lipinski definition) is 3. The number of aryl methyl sites for hydroxylation is 1. The van der Waals surface area contributed by atoms with E-state index < -0.39 is 0 Å². The Morgan fingerprint density at radius 2 is 1.89 bits per heavy atom. The van der Waals surface area contributed by atoms with E-state index in [1.807, 2.05) is 21.0 Å². The van der Waals surface area contributed by atoms with Crippen molar-refractivity contribution in [1.29, 1.82) is 0 Å². The number of aromatic nitrogens is 2. The van der Waals surface area contributed by atoms with Gasteiger partial charge in [0, 0.05) is 37.7 Å². The van der Waals surface area contributed by atoms with Crippen LogP contribution in [-0.4, -0.2) is 23.6 Å². The van der Waals surface area contributed by atoms with Crippen LogP contribution in [-0.2, 0) is 0 Å². The van der Waals surface area contributed by atoms with Crippen LogP contribution in [0.15, 0.2) is 30.5 Å². The van der Waals surface area contributed by atoms with Gasteiger partial charge in [0.15, 0.2) is 0 Å². The summed E-state index contributed by atoms with van der Waals surface area (Å²) in [6.07, 6.45) is 4.67. The van der Waals surface area contributed by atoms with Crippen molar-refractivity contribution in [3.63, 3.8) is 0 Å². The molecule has 0 atom stereocenters. The Hall–Kier alpha value is -1.97. The molecule has 1 fully saturated rings. The van der Waals surface area contributed by atoms with E-state index in [1.165, 1.54) is 18.5 Å². The maximum Gasteiger partial charge on any atom is 0.207 e. The minimum atomic E-state index is 0.643. The first-order valence-corrected chi connectivity index (χ1v) is 6.73. The molecule has 100 valence electrons. The van der Waals surface area contributed by atoms with E-state index in [0.29, 0.717) is 6.04 Å². The van der Waals surface area contributed by atoms with Crippen LogP contribution in [0.2, 0.25) is 0 Å². The molecule has 1 N–H and O–H groups in total. The van der Waals surface area contributed by atoms with E-state index >= 15 is 0 Å². The van der Waals surface area contributed by atoms with Crippen LogP contribution in [0.4, 0.5) is 17.3 Å². The summed E-state index contributed by atoms with van der Waals surface area (Å²) >= 11 is 0. The topological polar surface area (TPSA) is 33.1 Å². The minimum Gasteiger partial charge on any atom is -0.378 e. The summed E-state index contributed by atoms with van der Waals surface area (Å²) in [7, 11) is 4.09. The Labute approximate surface area is 114 Å². The molecule has 0 saturated heterocycles. The van der Waals surface area contributed by atoms with Gasteiger partial charge in [0.2, 0.25) is 5.95 Å². The van der Waals surface area contributed by atoms with Crippen LogP contribution in [0.3, 0.4) is 0 Å². The molecule has 4 heteroatoms. The molecule has 4 nitrogen and oxygen atoms in total. The minimum absolute atomic E-state index is 0.643. The molecule has 0 unspecified atom stereocenters. The van der Waals surface area contributed by atoms with E-state index in [9.17, 15) is 0 Å². The van der Waals surface area contributed by atoms with E-state index in [2.05, 4.69) is 50.2 Å². The zero-order valence-electron chi connectivity index (χ0n) is 11.7. The normalized spacial score (nSPS) is 14.5. The average Bonchev–Trinajstić information content (AvgIpc) is 3.15. The first-order chi connectivity index (χ1) is 9.13. The molecule has 1 aromatic heterocycles. The van der Waals surface area contributed by atoms with Crippen molar-refractivity contribution in [2.24, 2.45) is 0 Å². The highest BCUT2D eigenvalue weighted by molar-refractivity contribution is 5.59. The second-order valence-electron chi connectivity index (χ2n) is 5.41. The lowest BCUT2D eigenvalue weighted by atomic mass is 10.2. The van der Waals surface area contributed by atoms with E-state index in [0.717, 1.165) is 17.3 Å². The maximum absolute atomic E-state index is 4.57. The van der Waals surface area contributed by atoms with Gasteiger partial charge in [0.05, 0.1) is 5.69 Å². The first kappa shape index (κ1) is 12.1. The molecular weight excluding hydrogens is 236 g/mol. The molecule has 0 aliphatic heterocycles. The fourth-order valence-corrected chi connectivity index (χ4v) is 2.21. The smallest absolute Gasteiger partial charge is 0.207 e. The molecule has 1 aliphatic carbocycles. The van der Waals surface area contributed by atoms with Crippen LogP contribution in [0.1, 0.15) is 24.6 Å². The molecule has 1 saturated carbocycles. The number of rotatable bonds is 4. The molecular formula is C15H20N4. The summed E-state index contributed by atoms with van der Waals surface area (Å²) in [6.45, 7) is 2.04. The van der Waals surface area contributed by atoms with E-state index in [1.54, 1.807) is 0 Å². The van der Waals surface area contributed by atoms with Crippen LogP contribution in [0, 0.1) is 6.92 Å². The van der Waals surface area contributed by atoms with Gasteiger partial charge in [0.25, 0.3) is 0 Å². The van der Waals surface area contributed by atoms with Gasteiger partial charge in [-0.3, -0.25) is 0 Å². The first-order valence-electron chi connectivity index (χ1n) is 6.73. The SMILES string of the molecule is Cc1cn(C2CC2)c(Nc2ccc(N(C)C)cc2)n1. The largest absolute Gasteiger partial charge is 0.378 e. The van der Waals surface area contributed by atoms with Gasteiger partial charge in [-0.25, -0.2) is 4.98 Å². The van der Waals surface area contributed by atoms with Crippen molar-refractivity contribution in [3.8, 4) is 0 Å². The third-order valence-corrected chi connectivity index (χ3v) is 3.43. The highest BCUT2D eigenvalue weighted by Crippen LogP contribution is 2.37. The molecule has 1 aromatic carbocycles. The second kappa shape index (κ2) is 4.61.